The first-order valence-corrected chi connectivity index (χ1v) is 10.5. The molecule has 0 aliphatic heterocycles. The number of anilines is 1. The van der Waals surface area contributed by atoms with Gasteiger partial charge in [-0.2, -0.15) is 13.2 Å². The zero-order chi connectivity index (χ0) is 32.6. The van der Waals surface area contributed by atoms with Gasteiger partial charge in [0, 0.05) is 12.1 Å². The van der Waals surface area contributed by atoms with E-state index in [0.717, 1.165) is 12.1 Å². The lowest BCUT2D eigenvalue weighted by molar-refractivity contribution is -0.397. The van der Waals surface area contributed by atoms with Gasteiger partial charge in [-0.05, 0) is 6.07 Å². The number of hydrogen-bond donors (Lipinski definition) is 2. The standard InChI is InChI=1S/C6H2Cl2N2O4.C6H2F2N2O4.C6H4FN3O4.H3N.H2O/c3*7-3-1-4(8)6(10(13)14)2-5(3)9(11)12;;/h2*1-2H;1-2H,8H2;1H3;1H2. The van der Waals surface area contributed by atoms with Crippen molar-refractivity contribution in [3.63, 3.8) is 0 Å². The molecule has 44 heavy (non-hydrogen) atoms. The molecule has 3 aromatic carbocycles. The average molecular weight is 677 g/mol. The maximum Gasteiger partial charge on any atom is 0.311 e. The highest BCUT2D eigenvalue weighted by molar-refractivity contribution is 6.37. The van der Waals surface area contributed by atoms with E-state index in [0.29, 0.717) is 12.1 Å². The third-order valence-corrected chi connectivity index (χ3v) is 4.91. The van der Waals surface area contributed by atoms with Crippen molar-refractivity contribution >= 4 is 63.0 Å². The van der Waals surface area contributed by atoms with Crippen molar-refractivity contribution in [1.82, 2.24) is 6.15 Å². The second-order valence-corrected chi connectivity index (χ2v) is 7.73. The van der Waals surface area contributed by atoms with Gasteiger partial charge in [0.2, 0.25) is 17.5 Å². The number of nitro benzene ring substituents is 6. The lowest BCUT2D eigenvalue weighted by Gasteiger charge is -1.97. The van der Waals surface area contributed by atoms with Crippen LogP contribution in [0, 0.1) is 78.1 Å². The number of benzene rings is 3. The largest absolute Gasteiger partial charge is 0.412 e. The SMILES string of the molecule is N.Nc1cc(F)c([N+](=O)[O-])cc1[N+](=O)[O-].O.O=[N+]([O-])c1cc([N+](=O)[O-])c(Cl)cc1Cl.O=[N+]([O-])c1cc([N+](=O)[O-])c(F)cc1F. The number of nitrogens with zero attached hydrogens (tertiary/aromatic N) is 6. The van der Waals surface area contributed by atoms with Crippen LogP contribution in [0.4, 0.5) is 53.0 Å². The molecule has 3 aromatic rings. The smallest absolute Gasteiger partial charge is 0.311 e. The lowest BCUT2D eigenvalue weighted by Crippen LogP contribution is -2.00. The summed E-state index contributed by atoms with van der Waals surface area (Å²) in [5.41, 5.74) is -0.340. The van der Waals surface area contributed by atoms with Gasteiger partial charge >= 0.3 is 17.1 Å². The molecule has 3 rings (SSSR count). The van der Waals surface area contributed by atoms with E-state index in [1.807, 2.05) is 0 Å². The van der Waals surface area contributed by atoms with E-state index in [9.17, 15) is 73.9 Å². The van der Waals surface area contributed by atoms with Crippen LogP contribution >= 0.6 is 23.2 Å². The zero-order valence-corrected chi connectivity index (χ0v) is 22.2. The highest BCUT2D eigenvalue weighted by Crippen LogP contribution is 2.35. The minimum absolute atomic E-state index is 0. The molecular formula is C18H13Cl2F3N8O13. The topological polar surface area (TPSA) is 351 Å². The summed E-state index contributed by atoms with van der Waals surface area (Å²) in [5.74, 6) is -4.09. The molecule has 0 spiro atoms. The lowest BCUT2D eigenvalue weighted by atomic mass is 10.2. The maximum atomic E-state index is 12.8. The molecule has 26 heteroatoms. The minimum Gasteiger partial charge on any atom is -0.412 e. The van der Waals surface area contributed by atoms with E-state index in [-0.39, 0.29) is 33.8 Å². The number of halogens is 5. The second-order valence-electron chi connectivity index (χ2n) is 6.92. The van der Waals surface area contributed by atoms with E-state index in [1.165, 1.54) is 0 Å². The van der Waals surface area contributed by atoms with Gasteiger partial charge in [0.1, 0.15) is 21.8 Å². The minimum atomic E-state index is -1.45. The first-order valence-electron chi connectivity index (χ1n) is 9.73. The molecule has 0 amide bonds. The summed E-state index contributed by atoms with van der Waals surface area (Å²) in [5, 5.41) is 61.0. The summed E-state index contributed by atoms with van der Waals surface area (Å²) in [7, 11) is 0. The van der Waals surface area contributed by atoms with Crippen molar-refractivity contribution < 1.29 is 48.2 Å². The second kappa shape index (κ2) is 16.6. The van der Waals surface area contributed by atoms with Crippen LogP contribution in [0.2, 0.25) is 10.0 Å². The van der Waals surface area contributed by atoms with E-state index in [4.69, 9.17) is 28.9 Å². The van der Waals surface area contributed by atoms with Gasteiger partial charge in [0.25, 0.3) is 17.1 Å². The van der Waals surface area contributed by atoms with Crippen molar-refractivity contribution in [1.29, 1.82) is 0 Å². The number of hydrogen-bond acceptors (Lipinski definition) is 14. The molecule has 0 bridgehead atoms. The van der Waals surface area contributed by atoms with E-state index >= 15 is 0 Å². The normalized spacial score (nSPS) is 9.39. The van der Waals surface area contributed by atoms with Crippen molar-refractivity contribution in [3.05, 3.63) is 125 Å². The van der Waals surface area contributed by atoms with Crippen LogP contribution in [0.15, 0.2) is 36.4 Å². The molecule has 0 atom stereocenters. The van der Waals surface area contributed by atoms with E-state index in [1.54, 1.807) is 0 Å². The van der Waals surface area contributed by atoms with Crippen molar-refractivity contribution in [2.45, 2.75) is 0 Å². The molecule has 0 saturated heterocycles. The van der Waals surface area contributed by atoms with Gasteiger partial charge < -0.3 is 17.4 Å². The Morgan fingerprint density at radius 3 is 1.02 bits per heavy atom. The highest BCUT2D eigenvalue weighted by Gasteiger charge is 2.25. The number of rotatable bonds is 6. The summed E-state index contributed by atoms with van der Waals surface area (Å²) < 4.78 is 38.1. The molecule has 21 nitrogen and oxygen atoms in total. The molecule has 0 aromatic heterocycles. The third-order valence-electron chi connectivity index (χ3n) is 4.31. The first kappa shape index (κ1) is 40.3. The molecule has 0 heterocycles. The van der Waals surface area contributed by atoms with Crippen molar-refractivity contribution in [2.24, 2.45) is 0 Å². The quantitative estimate of drug-likeness (QED) is 0.193. The maximum absolute atomic E-state index is 12.8. The van der Waals surface area contributed by atoms with Crippen LogP contribution in [-0.2, 0) is 0 Å². The Balaban J connectivity index is 0. The van der Waals surface area contributed by atoms with Crippen LogP contribution in [0.25, 0.3) is 0 Å². The summed E-state index contributed by atoms with van der Waals surface area (Å²) in [4.78, 5) is 55.6. The molecule has 0 saturated carbocycles. The Hall–Kier alpha value is -5.85. The Morgan fingerprint density at radius 2 is 0.727 bits per heavy atom. The van der Waals surface area contributed by atoms with Gasteiger partial charge in [0.15, 0.2) is 0 Å². The fraction of sp³-hybridized carbons (Fsp3) is 0. The van der Waals surface area contributed by atoms with Crippen molar-refractivity contribution in [2.75, 3.05) is 5.73 Å². The molecule has 0 unspecified atom stereocenters. The molecule has 238 valence electrons. The Labute approximate surface area is 248 Å². The molecular weight excluding hydrogens is 664 g/mol. The Bertz CT molecular complexity index is 1350. The third kappa shape index (κ3) is 10.2. The highest BCUT2D eigenvalue weighted by atomic mass is 35.5. The molecule has 0 fully saturated rings. The van der Waals surface area contributed by atoms with Gasteiger partial charge in [-0.3, -0.25) is 60.7 Å². The van der Waals surface area contributed by atoms with Gasteiger partial charge in [-0.15, -0.1) is 0 Å². The summed E-state index contributed by atoms with van der Waals surface area (Å²) in [6.45, 7) is 0. The molecule has 0 aliphatic carbocycles. The predicted molar refractivity (Wildman–Crippen MR) is 142 cm³/mol. The van der Waals surface area contributed by atoms with E-state index in [2.05, 4.69) is 0 Å². The van der Waals surface area contributed by atoms with E-state index < -0.39 is 86.8 Å². The average Bonchev–Trinajstić information content (AvgIpc) is 2.83. The summed E-state index contributed by atoms with van der Waals surface area (Å²) >= 11 is 10.9. The predicted octanol–water partition coefficient (Wildman–Crippen LogP) is 5.15. The molecule has 7 N–H and O–H groups in total. The van der Waals surface area contributed by atoms with Crippen LogP contribution < -0.4 is 11.9 Å². The number of nitro groups is 6. The van der Waals surface area contributed by atoms with Crippen molar-refractivity contribution in [3.8, 4) is 0 Å². The van der Waals surface area contributed by atoms with Gasteiger partial charge in [-0.25, -0.2) is 0 Å². The van der Waals surface area contributed by atoms with Gasteiger partial charge in [-0.1, -0.05) is 23.2 Å². The zero-order valence-electron chi connectivity index (χ0n) is 20.7. The van der Waals surface area contributed by atoms with Crippen LogP contribution in [0.5, 0.6) is 0 Å². The monoisotopic (exact) mass is 676 g/mol. The Morgan fingerprint density at radius 1 is 0.477 bits per heavy atom. The summed E-state index contributed by atoms with van der Waals surface area (Å²) in [6, 6.07) is 3.09. The van der Waals surface area contributed by atoms with Gasteiger partial charge in [0.05, 0.1) is 41.7 Å². The van der Waals surface area contributed by atoms with Crippen LogP contribution in [0.3, 0.4) is 0 Å². The number of nitrogens with two attached hydrogens (primary N) is 1. The Kier molecular flexibility index (Phi) is 15.2. The van der Waals surface area contributed by atoms with Crippen LogP contribution in [-0.4, -0.2) is 35.0 Å². The number of nitrogen functional groups attached to an aromatic ring is 1. The molecule has 0 aliphatic rings. The first-order chi connectivity index (χ1) is 19.3. The summed E-state index contributed by atoms with van der Waals surface area (Å²) in [6.07, 6.45) is 0. The molecule has 0 radical (unpaired) electrons. The fourth-order valence-electron chi connectivity index (χ4n) is 2.48. The van der Waals surface area contributed by atoms with Crippen LogP contribution in [0.1, 0.15) is 0 Å². The fourth-order valence-corrected chi connectivity index (χ4v) is 3.00.